The highest BCUT2D eigenvalue weighted by atomic mass is 35.5. The molecule has 0 unspecified atom stereocenters. The number of nitrogens with zero attached hydrogens (tertiary/aromatic N) is 1. The fourth-order valence-electron chi connectivity index (χ4n) is 2.65. The minimum absolute atomic E-state index is 0.0662. The van der Waals surface area contributed by atoms with Gasteiger partial charge in [0.1, 0.15) is 5.75 Å². The fourth-order valence-corrected chi connectivity index (χ4v) is 3.94. The van der Waals surface area contributed by atoms with Crippen LogP contribution in [0.2, 0.25) is 5.02 Å². The van der Waals surface area contributed by atoms with Gasteiger partial charge in [-0.3, -0.25) is 9.52 Å². The molecule has 3 rings (SSSR count). The highest BCUT2D eigenvalue weighted by molar-refractivity contribution is 7.92. The summed E-state index contributed by atoms with van der Waals surface area (Å²) in [4.78, 5) is 23.0. The van der Waals surface area contributed by atoms with E-state index in [2.05, 4.69) is 15.2 Å². The van der Waals surface area contributed by atoms with Gasteiger partial charge in [-0.05, 0) is 48.5 Å². The zero-order valence-corrected chi connectivity index (χ0v) is 18.5. The van der Waals surface area contributed by atoms with E-state index in [0.29, 0.717) is 10.6 Å². The maximum Gasteiger partial charge on any atom is 0.341 e. The van der Waals surface area contributed by atoms with E-state index in [1.807, 2.05) is 0 Å². The molecule has 3 aromatic carbocycles. The van der Waals surface area contributed by atoms with Crippen molar-refractivity contribution in [2.24, 2.45) is 5.10 Å². The number of benzene rings is 3. The van der Waals surface area contributed by atoms with Crippen LogP contribution >= 0.6 is 11.6 Å². The maximum atomic E-state index is 12.7. The van der Waals surface area contributed by atoms with Gasteiger partial charge >= 0.3 is 5.97 Å². The number of hydrogen-bond acceptors (Lipinski definition) is 6. The Hall–Kier alpha value is -3.89. The number of hydrogen-bond donors (Lipinski definition) is 3. The first-order valence-corrected chi connectivity index (χ1v) is 11.3. The molecule has 0 spiro atoms. The van der Waals surface area contributed by atoms with Gasteiger partial charge in [0.2, 0.25) is 0 Å². The van der Waals surface area contributed by atoms with Gasteiger partial charge in [0.05, 0.1) is 16.8 Å². The lowest BCUT2D eigenvalue weighted by Gasteiger charge is -2.09. The molecule has 0 saturated heterocycles. The minimum atomic E-state index is -3.96. The van der Waals surface area contributed by atoms with Crippen LogP contribution in [0.5, 0.6) is 5.75 Å². The van der Waals surface area contributed by atoms with Gasteiger partial charge in [0.25, 0.3) is 15.9 Å². The Balaban J connectivity index is 1.71. The van der Waals surface area contributed by atoms with Crippen LogP contribution in [0.15, 0.2) is 82.8 Å². The van der Waals surface area contributed by atoms with Crippen LogP contribution in [0.25, 0.3) is 0 Å². The van der Waals surface area contributed by atoms with E-state index in [-0.39, 0.29) is 21.9 Å². The largest absolute Gasteiger partial charge is 0.481 e. The Morgan fingerprint density at radius 3 is 2.55 bits per heavy atom. The highest BCUT2D eigenvalue weighted by Gasteiger charge is 2.16. The number of rotatable bonds is 9. The Labute approximate surface area is 194 Å². The number of aliphatic carboxylic acids is 1. The van der Waals surface area contributed by atoms with Gasteiger partial charge < -0.3 is 9.84 Å². The Kier molecular flexibility index (Phi) is 7.65. The van der Waals surface area contributed by atoms with Crippen molar-refractivity contribution in [2.75, 3.05) is 11.3 Å². The van der Waals surface area contributed by atoms with Gasteiger partial charge in [-0.2, -0.15) is 5.10 Å². The normalized spacial score (nSPS) is 11.2. The molecular weight excluding hydrogens is 470 g/mol. The summed E-state index contributed by atoms with van der Waals surface area (Å²) in [6.07, 6.45) is 1.29. The maximum absolute atomic E-state index is 12.7. The molecule has 9 nitrogen and oxygen atoms in total. The zero-order chi connectivity index (χ0) is 23.8. The van der Waals surface area contributed by atoms with Crippen molar-refractivity contribution in [1.29, 1.82) is 0 Å². The first-order valence-electron chi connectivity index (χ1n) is 9.40. The molecule has 1 amide bonds. The van der Waals surface area contributed by atoms with E-state index in [0.717, 1.165) is 0 Å². The molecule has 0 bridgehead atoms. The number of carboxylic acids is 1. The summed E-state index contributed by atoms with van der Waals surface area (Å²) >= 11 is 5.89. The van der Waals surface area contributed by atoms with E-state index in [1.54, 1.807) is 42.5 Å². The van der Waals surface area contributed by atoms with Crippen molar-refractivity contribution in [3.05, 3.63) is 88.9 Å². The molecule has 0 atom stereocenters. The molecule has 3 N–H and O–H groups in total. The first kappa shape index (κ1) is 23.8. The molecule has 0 aliphatic carbocycles. The molecule has 0 fully saturated rings. The summed E-state index contributed by atoms with van der Waals surface area (Å²) in [5.41, 5.74) is 3.10. The third-order valence-corrected chi connectivity index (χ3v) is 5.74. The molecule has 3 aromatic rings. The topological polar surface area (TPSA) is 134 Å². The van der Waals surface area contributed by atoms with Crippen LogP contribution in [0.3, 0.4) is 0 Å². The van der Waals surface area contributed by atoms with Crippen LogP contribution < -0.4 is 14.9 Å². The lowest BCUT2D eigenvalue weighted by Crippen LogP contribution is -2.19. The number of carboxylic acid groups (broad SMARTS) is 1. The number of carbonyl (C=O) groups excluding carboxylic acids is 1. The van der Waals surface area contributed by atoms with Crippen LogP contribution in [-0.4, -0.2) is 38.2 Å². The number of sulfonamides is 1. The van der Waals surface area contributed by atoms with E-state index < -0.39 is 28.5 Å². The summed E-state index contributed by atoms with van der Waals surface area (Å²) in [6.45, 7) is -0.526. The number of hydrazone groups is 1. The molecule has 170 valence electrons. The van der Waals surface area contributed by atoms with Gasteiger partial charge in [-0.15, -0.1) is 0 Å². The van der Waals surface area contributed by atoms with Gasteiger partial charge in [0, 0.05) is 16.1 Å². The number of anilines is 1. The average Bonchev–Trinajstić information content (AvgIpc) is 2.78. The van der Waals surface area contributed by atoms with Crippen molar-refractivity contribution in [2.45, 2.75) is 4.90 Å². The summed E-state index contributed by atoms with van der Waals surface area (Å²) in [5, 5.41) is 13.0. The number of nitrogens with one attached hydrogen (secondary N) is 2. The lowest BCUT2D eigenvalue weighted by molar-refractivity contribution is -0.139. The Morgan fingerprint density at radius 1 is 1.03 bits per heavy atom. The van der Waals surface area contributed by atoms with Crippen molar-refractivity contribution in [3.63, 3.8) is 0 Å². The smallest absolute Gasteiger partial charge is 0.341 e. The summed E-state index contributed by atoms with van der Waals surface area (Å²) in [6, 6.07) is 18.2. The van der Waals surface area contributed by atoms with Crippen molar-refractivity contribution in [3.8, 4) is 5.75 Å². The average molecular weight is 488 g/mol. The highest BCUT2D eigenvalue weighted by Crippen LogP contribution is 2.20. The molecular formula is C22H18ClN3O6S. The quantitative estimate of drug-likeness (QED) is 0.313. The van der Waals surface area contributed by atoms with Crippen LogP contribution in [0.4, 0.5) is 5.69 Å². The summed E-state index contributed by atoms with van der Waals surface area (Å²) in [7, 11) is -3.96. The van der Waals surface area contributed by atoms with Crippen molar-refractivity contribution >= 4 is 45.4 Å². The first-order chi connectivity index (χ1) is 15.7. The third kappa shape index (κ3) is 6.79. The predicted octanol–water partition coefficient (Wildman–Crippen LogP) is 3.37. The Bertz CT molecular complexity index is 1310. The minimum Gasteiger partial charge on any atom is -0.481 e. The molecule has 33 heavy (non-hydrogen) atoms. The molecule has 0 aliphatic heterocycles. The fraction of sp³-hybridized carbons (Fsp3) is 0.0455. The van der Waals surface area contributed by atoms with E-state index in [1.165, 1.54) is 36.5 Å². The summed E-state index contributed by atoms with van der Waals surface area (Å²) in [5.74, 6) is -1.50. The lowest BCUT2D eigenvalue weighted by atomic mass is 10.2. The summed E-state index contributed by atoms with van der Waals surface area (Å²) < 4.78 is 32.9. The monoisotopic (exact) mass is 487 g/mol. The second kappa shape index (κ2) is 10.6. The number of ether oxygens (including phenoxy) is 1. The molecule has 0 heterocycles. The molecule has 0 aliphatic rings. The van der Waals surface area contributed by atoms with Crippen LogP contribution in [0, 0.1) is 0 Å². The van der Waals surface area contributed by atoms with Crippen molar-refractivity contribution < 1.29 is 27.9 Å². The van der Waals surface area contributed by atoms with E-state index in [9.17, 15) is 18.0 Å². The van der Waals surface area contributed by atoms with Crippen molar-refractivity contribution in [1.82, 2.24) is 5.43 Å². The molecule has 0 saturated carbocycles. The van der Waals surface area contributed by atoms with Gasteiger partial charge in [-0.25, -0.2) is 18.6 Å². The Morgan fingerprint density at radius 2 is 1.79 bits per heavy atom. The van der Waals surface area contributed by atoms with E-state index in [4.69, 9.17) is 21.4 Å². The number of halogens is 1. The van der Waals surface area contributed by atoms with Gasteiger partial charge in [-0.1, -0.05) is 35.9 Å². The SMILES string of the molecule is O=C(O)COc1ccccc1C=NNC(=O)c1cccc(S(=O)(=O)Nc2cccc(Cl)c2)c1. The van der Waals surface area contributed by atoms with Gasteiger partial charge in [0.15, 0.2) is 6.61 Å². The second-order valence-electron chi connectivity index (χ2n) is 6.56. The van der Waals surface area contributed by atoms with E-state index >= 15 is 0 Å². The zero-order valence-electron chi connectivity index (χ0n) is 16.9. The standard InChI is InChI=1S/C22H18ClN3O6S/c23-17-7-4-8-18(12-17)26-33(30,31)19-9-3-6-15(11-19)22(29)25-24-13-16-5-1-2-10-20(16)32-14-21(27)28/h1-13,26H,14H2,(H,25,29)(H,27,28). The van der Waals surface area contributed by atoms with Crippen LogP contribution in [0.1, 0.15) is 15.9 Å². The van der Waals surface area contributed by atoms with Crippen LogP contribution in [-0.2, 0) is 14.8 Å². The predicted molar refractivity (Wildman–Crippen MR) is 123 cm³/mol. The second-order valence-corrected chi connectivity index (χ2v) is 8.68. The number of carbonyl (C=O) groups is 2. The molecule has 0 radical (unpaired) electrons. The molecule has 11 heteroatoms. The third-order valence-electron chi connectivity index (χ3n) is 4.12. The number of amides is 1. The number of para-hydroxylation sites is 1. The molecule has 0 aromatic heterocycles.